The van der Waals surface area contributed by atoms with Crippen LogP contribution in [0.1, 0.15) is 34.9 Å². The molecule has 0 fully saturated rings. The van der Waals surface area contributed by atoms with Crippen LogP contribution in [-0.4, -0.2) is 16.5 Å². The molecule has 2 heterocycles. The second kappa shape index (κ2) is 20.8. The minimum Gasteiger partial charge on any atom is -0.383 e. The van der Waals surface area contributed by atoms with Crippen molar-refractivity contribution in [3.8, 4) is 11.4 Å². The fourth-order valence-electron chi connectivity index (χ4n) is 8.63. The van der Waals surface area contributed by atoms with Crippen LogP contribution < -0.4 is 5.32 Å². The molecule has 8 aromatic rings. The van der Waals surface area contributed by atoms with E-state index >= 15 is 0 Å². The number of fused-ring (bicyclic) bond motifs is 3. The van der Waals surface area contributed by atoms with Crippen molar-refractivity contribution in [2.24, 2.45) is 0 Å². The van der Waals surface area contributed by atoms with Crippen molar-refractivity contribution in [2.75, 3.05) is 6.54 Å². The van der Waals surface area contributed by atoms with Crippen molar-refractivity contribution in [3.63, 3.8) is 0 Å². The monoisotopic (exact) mass is 881 g/mol. The van der Waals surface area contributed by atoms with E-state index in [1.54, 1.807) is 17.4 Å². The largest absolute Gasteiger partial charge is 0.383 e. The van der Waals surface area contributed by atoms with E-state index in [1.165, 1.54) is 10.3 Å². The maximum absolute atomic E-state index is 5.41. The van der Waals surface area contributed by atoms with Crippen LogP contribution in [0.15, 0.2) is 273 Å². The Bertz CT molecular complexity index is 3290. The highest BCUT2D eigenvalue weighted by molar-refractivity contribution is 7.26. The molecule has 324 valence electrons. The number of hydrogen-bond acceptors (Lipinski definition) is 4. The van der Waals surface area contributed by atoms with E-state index < -0.39 is 5.41 Å². The SMILES string of the molecule is C=C/C=C\C=C/C1=CC(c2nc(-c3ccccc3)nc3c2sc2ccccc23)=C[C@@]1(CNC(=C)\C(=C/C(=C\C=C/C(=C\C)c1ccccc1)c1ccccc1)c1ccccc1)c1ccccc1. The van der Waals surface area contributed by atoms with Gasteiger partial charge in [0.25, 0.3) is 0 Å². The third-order valence-electron chi connectivity index (χ3n) is 12.0. The molecular weight excluding hydrogens is 831 g/mol. The number of hydrogen-bond donors (Lipinski definition) is 1. The molecule has 0 saturated heterocycles. The van der Waals surface area contributed by atoms with Gasteiger partial charge in [0.15, 0.2) is 5.82 Å². The quantitative estimate of drug-likeness (QED) is 0.0983. The van der Waals surface area contributed by atoms with E-state index in [0.717, 1.165) is 77.1 Å². The molecule has 9 rings (SSSR count). The van der Waals surface area contributed by atoms with E-state index in [2.05, 4.69) is 225 Å². The van der Waals surface area contributed by atoms with Gasteiger partial charge >= 0.3 is 0 Å². The molecule has 0 saturated carbocycles. The van der Waals surface area contributed by atoms with E-state index in [1.807, 2.05) is 36.4 Å². The second-order valence-electron chi connectivity index (χ2n) is 16.3. The predicted molar refractivity (Wildman–Crippen MR) is 288 cm³/mol. The Hall–Kier alpha value is -8.18. The third-order valence-corrected chi connectivity index (χ3v) is 13.2. The highest BCUT2D eigenvalue weighted by atomic mass is 32.1. The lowest BCUT2D eigenvalue weighted by Gasteiger charge is -2.32. The molecule has 1 atom stereocenters. The van der Waals surface area contributed by atoms with Crippen molar-refractivity contribution in [3.05, 3.63) is 301 Å². The van der Waals surface area contributed by atoms with Gasteiger partial charge < -0.3 is 5.32 Å². The number of thiophene rings is 1. The summed E-state index contributed by atoms with van der Waals surface area (Å²) in [7, 11) is 0. The molecule has 4 heteroatoms. The molecular formula is C63H51N3S. The summed E-state index contributed by atoms with van der Waals surface area (Å²) in [6.07, 6.45) is 25.7. The summed E-state index contributed by atoms with van der Waals surface area (Å²) in [4.78, 5) is 10.6. The minimum atomic E-state index is -0.623. The average Bonchev–Trinajstić information content (AvgIpc) is 3.97. The van der Waals surface area contributed by atoms with Crippen LogP contribution in [0.5, 0.6) is 0 Å². The number of allylic oxidation sites excluding steroid dienone is 15. The van der Waals surface area contributed by atoms with Crippen LogP contribution in [0.25, 0.3) is 54.0 Å². The fraction of sp³-hybridized carbons (Fsp3) is 0.0476. The Morgan fingerprint density at radius 3 is 1.94 bits per heavy atom. The van der Waals surface area contributed by atoms with Gasteiger partial charge in [-0.1, -0.05) is 244 Å². The third kappa shape index (κ3) is 9.77. The number of rotatable bonds is 16. The van der Waals surface area contributed by atoms with Crippen molar-refractivity contribution in [1.29, 1.82) is 0 Å². The lowest BCUT2D eigenvalue weighted by molar-refractivity contribution is 0.604. The first-order valence-electron chi connectivity index (χ1n) is 22.6. The predicted octanol–water partition coefficient (Wildman–Crippen LogP) is 16.0. The number of benzene rings is 6. The molecule has 0 spiro atoms. The number of nitrogens with zero attached hydrogens (tertiary/aromatic N) is 2. The summed E-state index contributed by atoms with van der Waals surface area (Å²) in [5, 5.41) is 5.05. The molecule has 1 aliphatic carbocycles. The van der Waals surface area contributed by atoms with E-state index in [9.17, 15) is 0 Å². The van der Waals surface area contributed by atoms with Gasteiger partial charge in [0.05, 0.1) is 21.3 Å². The van der Waals surface area contributed by atoms with Crippen LogP contribution in [-0.2, 0) is 5.41 Å². The lowest BCUT2D eigenvalue weighted by atomic mass is 9.75. The topological polar surface area (TPSA) is 37.8 Å². The minimum absolute atomic E-state index is 0.517. The molecule has 6 aromatic carbocycles. The van der Waals surface area contributed by atoms with Crippen molar-refractivity contribution in [1.82, 2.24) is 15.3 Å². The molecule has 1 aliphatic rings. The Balaban J connectivity index is 1.17. The van der Waals surface area contributed by atoms with Crippen molar-refractivity contribution in [2.45, 2.75) is 12.3 Å². The lowest BCUT2D eigenvalue weighted by Crippen LogP contribution is -2.36. The molecule has 0 radical (unpaired) electrons. The molecule has 0 unspecified atom stereocenters. The van der Waals surface area contributed by atoms with Gasteiger partial charge in [-0.3, -0.25) is 0 Å². The first-order valence-corrected chi connectivity index (χ1v) is 23.4. The molecule has 1 N–H and O–H groups in total. The smallest absolute Gasteiger partial charge is 0.160 e. The van der Waals surface area contributed by atoms with Crippen LogP contribution in [0, 0.1) is 0 Å². The highest BCUT2D eigenvalue weighted by Gasteiger charge is 2.38. The van der Waals surface area contributed by atoms with Gasteiger partial charge in [-0.05, 0) is 69.7 Å². The zero-order valence-electron chi connectivity index (χ0n) is 37.6. The first kappa shape index (κ1) is 44.0. The van der Waals surface area contributed by atoms with Crippen LogP contribution in [0.3, 0.4) is 0 Å². The van der Waals surface area contributed by atoms with Gasteiger partial charge in [0.1, 0.15) is 0 Å². The first-order chi connectivity index (χ1) is 33.0. The van der Waals surface area contributed by atoms with Crippen LogP contribution in [0.4, 0.5) is 0 Å². The maximum atomic E-state index is 5.41. The highest BCUT2D eigenvalue weighted by Crippen LogP contribution is 2.47. The van der Waals surface area contributed by atoms with Gasteiger partial charge in [-0.25, -0.2) is 9.97 Å². The molecule has 2 aromatic heterocycles. The number of aromatic nitrogens is 2. The molecule has 3 nitrogen and oxygen atoms in total. The Morgan fingerprint density at radius 2 is 1.27 bits per heavy atom. The molecule has 67 heavy (non-hydrogen) atoms. The van der Waals surface area contributed by atoms with E-state index in [0.29, 0.717) is 12.4 Å². The fourth-order valence-corrected chi connectivity index (χ4v) is 9.78. The van der Waals surface area contributed by atoms with Gasteiger partial charge in [-0.2, -0.15) is 0 Å². The molecule has 0 amide bonds. The van der Waals surface area contributed by atoms with E-state index in [4.69, 9.17) is 16.5 Å². The van der Waals surface area contributed by atoms with Gasteiger partial charge in [0, 0.05) is 33.5 Å². The summed E-state index contributed by atoms with van der Waals surface area (Å²) >= 11 is 1.75. The summed E-state index contributed by atoms with van der Waals surface area (Å²) in [5.74, 6) is 0.701. The maximum Gasteiger partial charge on any atom is 0.160 e. The average molecular weight is 882 g/mol. The van der Waals surface area contributed by atoms with Gasteiger partial charge in [0.2, 0.25) is 0 Å². The zero-order chi connectivity index (χ0) is 45.8. The summed E-state index contributed by atoms with van der Waals surface area (Å²) in [6, 6.07) is 61.1. The second-order valence-corrected chi connectivity index (χ2v) is 17.3. The normalized spacial score (nSPS) is 15.7. The van der Waals surface area contributed by atoms with Gasteiger partial charge in [-0.15, -0.1) is 11.3 Å². The summed E-state index contributed by atoms with van der Waals surface area (Å²) < 4.78 is 2.24. The molecule has 0 bridgehead atoms. The van der Waals surface area contributed by atoms with Crippen molar-refractivity contribution < 1.29 is 0 Å². The Morgan fingerprint density at radius 1 is 0.657 bits per heavy atom. The van der Waals surface area contributed by atoms with Crippen LogP contribution >= 0.6 is 11.3 Å². The van der Waals surface area contributed by atoms with Crippen LogP contribution in [0.2, 0.25) is 0 Å². The molecule has 0 aliphatic heterocycles. The zero-order valence-corrected chi connectivity index (χ0v) is 38.4. The number of nitrogens with one attached hydrogen (secondary N) is 1. The standard InChI is InChI=1S/C63H51N3S/c1-4-6-7-21-39-55-42-53(59-61-60(56-40-24-25-41-58(56)67-61)66-62(65-59)51-33-19-11-20-34-51)44-63(55,54-37-22-12-23-38-54)45-64-46(3)57(50-31-17-10-18-32-50)43-52(49-29-15-9-16-30-49)36-26-35-47(5-2)48-27-13-8-14-28-48/h4-44,64H,1,3,45H2,2H3/b7-6-,35-26-,39-21-,47-5+,52-36+,57-43+/t63-/m1/s1. The van der Waals surface area contributed by atoms with E-state index in [-0.39, 0.29) is 0 Å². The Labute approximate surface area is 398 Å². The Kier molecular flexibility index (Phi) is 13.6. The van der Waals surface area contributed by atoms with Crippen molar-refractivity contribution >= 4 is 53.9 Å². The summed E-state index contributed by atoms with van der Waals surface area (Å²) in [5.41, 5.74) is 12.9. The summed E-state index contributed by atoms with van der Waals surface area (Å²) in [6.45, 7) is 11.3.